The highest BCUT2D eigenvalue weighted by Gasteiger charge is 2.46. The number of ether oxygens (including phenoxy) is 1. The van der Waals surface area contributed by atoms with Gasteiger partial charge in [0, 0.05) is 15.7 Å². The van der Waals surface area contributed by atoms with Crippen molar-refractivity contribution in [3.63, 3.8) is 0 Å². The Bertz CT molecular complexity index is 1260. The van der Waals surface area contributed by atoms with E-state index < -0.39 is 17.7 Å². The van der Waals surface area contributed by atoms with Crippen LogP contribution in [0.2, 0.25) is 0 Å². The molecule has 0 saturated carbocycles. The standard InChI is InChI=1S/C25H17BrN2O4/c1-32-20-12-6-16(7-13-20)22-21(23(29)17-4-8-18(26)9-5-17)24(30)25(31)28(22)19-10-2-15(14-27)3-11-19/h2-13,22,29H,1H3/b23-21+. The predicted molar refractivity (Wildman–Crippen MR) is 123 cm³/mol. The van der Waals surface area contributed by atoms with E-state index >= 15 is 0 Å². The summed E-state index contributed by atoms with van der Waals surface area (Å²) in [5, 5.41) is 20.2. The number of ketones is 1. The van der Waals surface area contributed by atoms with Gasteiger partial charge in [-0.05, 0) is 54.1 Å². The first-order valence-electron chi connectivity index (χ1n) is 9.65. The first-order chi connectivity index (χ1) is 15.4. The lowest BCUT2D eigenvalue weighted by Crippen LogP contribution is -2.29. The molecule has 1 fully saturated rings. The molecule has 1 saturated heterocycles. The molecule has 1 N–H and O–H groups in total. The van der Waals surface area contributed by atoms with Gasteiger partial charge in [-0.25, -0.2) is 0 Å². The molecule has 1 amide bonds. The van der Waals surface area contributed by atoms with E-state index in [-0.39, 0.29) is 11.3 Å². The molecule has 3 aromatic rings. The Morgan fingerprint density at radius 2 is 1.62 bits per heavy atom. The number of carbonyl (C=O) groups excluding carboxylic acids is 2. The molecule has 3 aromatic carbocycles. The summed E-state index contributed by atoms with van der Waals surface area (Å²) in [6, 6.07) is 21.3. The Kier molecular flexibility index (Phi) is 5.80. The number of amides is 1. The molecule has 0 spiro atoms. The highest BCUT2D eigenvalue weighted by Crippen LogP contribution is 2.42. The SMILES string of the molecule is COc1ccc(C2/C(=C(\O)c3ccc(Br)cc3)C(=O)C(=O)N2c2ccc(C#N)cc2)cc1. The third kappa shape index (κ3) is 3.77. The van der Waals surface area contributed by atoms with Crippen molar-refractivity contribution in [1.82, 2.24) is 0 Å². The summed E-state index contributed by atoms with van der Waals surface area (Å²) in [7, 11) is 1.55. The number of anilines is 1. The van der Waals surface area contributed by atoms with Crippen molar-refractivity contribution in [3.8, 4) is 11.8 Å². The molecule has 1 aliphatic rings. The Morgan fingerprint density at radius 3 is 2.19 bits per heavy atom. The second-order valence-corrected chi connectivity index (χ2v) is 8.02. The van der Waals surface area contributed by atoms with Crippen LogP contribution in [0.15, 0.2) is 82.8 Å². The zero-order chi connectivity index (χ0) is 22.8. The molecule has 1 atom stereocenters. The lowest BCUT2D eigenvalue weighted by atomic mass is 9.95. The lowest BCUT2D eigenvalue weighted by molar-refractivity contribution is -0.132. The summed E-state index contributed by atoms with van der Waals surface area (Å²) in [6.07, 6.45) is 0. The normalized spacial score (nSPS) is 17.3. The van der Waals surface area contributed by atoms with Crippen LogP contribution in [0, 0.1) is 11.3 Å². The van der Waals surface area contributed by atoms with Crippen LogP contribution in [-0.2, 0) is 9.59 Å². The number of methoxy groups -OCH3 is 1. The molecule has 0 aliphatic carbocycles. The second-order valence-electron chi connectivity index (χ2n) is 7.11. The number of rotatable bonds is 4. The number of benzene rings is 3. The number of hydrogen-bond acceptors (Lipinski definition) is 5. The number of Topliss-reactive ketones (excluding diaryl/α,β-unsaturated/α-hetero) is 1. The van der Waals surface area contributed by atoms with Crippen LogP contribution in [0.25, 0.3) is 5.76 Å². The molecule has 6 nitrogen and oxygen atoms in total. The number of nitriles is 1. The fraction of sp³-hybridized carbons (Fsp3) is 0.0800. The van der Waals surface area contributed by atoms with Crippen molar-refractivity contribution in [2.75, 3.05) is 12.0 Å². The molecule has 7 heteroatoms. The minimum atomic E-state index is -0.850. The van der Waals surface area contributed by atoms with E-state index in [1.807, 2.05) is 6.07 Å². The van der Waals surface area contributed by atoms with E-state index in [1.165, 1.54) is 4.90 Å². The van der Waals surface area contributed by atoms with E-state index in [0.29, 0.717) is 28.1 Å². The number of nitrogens with zero attached hydrogens (tertiary/aromatic N) is 2. The summed E-state index contributed by atoms with van der Waals surface area (Å²) in [5.74, 6) is -1.17. The van der Waals surface area contributed by atoms with Crippen LogP contribution in [0.5, 0.6) is 5.75 Å². The van der Waals surface area contributed by atoms with Crippen molar-refractivity contribution in [2.24, 2.45) is 0 Å². The fourth-order valence-corrected chi connectivity index (χ4v) is 3.92. The zero-order valence-electron chi connectivity index (χ0n) is 16.9. The van der Waals surface area contributed by atoms with Crippen molar-refractivity contribution in [1.29, 1.82) is 5.26 Å². The summed E-state index contributed by atoms with van der Waals surface area (Å²) in [6.45, 7) is 0. The molecule has 1 heterocycles. The van der Waals surface area contributed by atoms with Gasteiger partial charge in [-0.1, -0.05) is 40.2 Å². The molecule has 158 valence electrons. The van der Waals surface area contributed by atoms with Gasteiger partial charge in [-0.15, -0.1) is 0 Å². The average molecular weight is 489 g/mol. The largest absolute Gasteiger partial charge is 0.507 e. The number of aliphatic hydroxyl groups excluding tert-OH is 1. The predicted octanol–water partition coefficient (Wildman–Crippen LogP) is 4.96. The molecule has 1 unspecified atom stereocenters. The molecule has 0 aromatic heterocycles. The van der Waals surface area contributed by atoms with Gasteiger partial charge in [0.25, 0.3) is 11.7 Å². The van der Waals surface area contributed by atoms with Crippen molar-refractivity contribution >= 4 is 39.1 Å². The number of halogens is 1. The van der Waals surface area contributed by atoms with Gasteiger partial charge in [-0.3, -0.25) is 14.5 Å². The number of aliphatic hydroxyl groups is 1. The van der Waals surface area contributed by atoms with Crippen LogP contribution < -0.4 is 9.64 Å². The van der Waals surface area contributed by atoms with Crippen LogP contribution in [0.1, 0.15) is 22.7 Å². The van der Waals surface area contributed by atoms with Crippen LogP contribution >= 0.6 is 15.9 Å². The Balaban J connectivity index is 1.91. The first kappa shape index (κ1) is 21.3. The van der Waals surface area contributed by atoms with E-state index in [1.54, 1.807) is 79.9 Å². The fourth-order valence-electron chi connectivity index (χ4n) is 3.66. The number of hydrogen-bond donors (Lipinski definition) is 1. The summed E-state index contributed by atoms with van der Waals surface area (Å²) < 4.78 is 6.04. The van der Waals surface area contributed by atoms with Gasteiger partial charge in [0.2, 0.25) is 0 Å². The van der Waals surface area contributed by atoms with E-state index in [4.69, 9.17) is 10.00 Å². The van der Waals surface area contributed by atoms with Gasteiger partial charge < -0.3 is 9.84 Å². The van der Waals surface area contributed by atoms with Gasteiger partial charge in [0.15, 0.2) is 0 Å². The van der Waals surface area contributed by atoms with Crippen molar-refractivity contribution < 1.29 is 19.4 Å². The van der Waals surface area contributed by atoms with Crippen LogP contribution in [0.3, 0.4) is 0 Å². The average Bonchev–Trinajstić information content (AvgIpc) is 3.09. The zero-order valence-corrected chi connectivity index (χ0v) is 18.5. The van der Waals surface area contributed by atoms with Crippen molar-refractivity contribution in [2.45, 2.75) is 6.04 Å². The van der Waals surface area contributed by atoms with E-state index in [9.17, 15) is 14.7 Å². The minimum absolute atomic E-state index is 0.00755. The third-order valence-electron chi connectivity index (χ3n) is 5.27. The quantitative estimate of drug-likeness (QED) is 0.318. The maximum absolute atomic E-state index is 13.1. The highest BCUT2D eigenvalue weighted by atomic mass is 79.9. The molecular weight excluding hydrogens is 472 g/mol. The Hall–Kier alpha value is -3.89. The minimum Gasteiger partial charge on any atom is -0.507 e. The second kappa shape index (κ2) is 8.69. The van der Waals surface area contributed by atoms with Crippen molar-refractivity contribution in [3.05, 3.63) is 99.5 Å². The third-order valence-corrected chi connectivity index (χ3v) is 5.80. The van der Waals surface area contributed by atoms with Gasteiger partial charge in [0.05, 0.1) is 30.4 Å². The number of carbonyl (C=O) groups is 2. The summed E-state index contributed by atoms with van der Waals surface area (Å²) >= 11 is 3.35. The highest BCUT2D eigenvalue weighted by molar-refractivity contribution is 9.10. The first-order valence-corrected chi connectivity index (χ1v) is 10.4. The Morgan fingerprint density at radius 1 is 1.00 bits per heavy atom. The van der Waals surface area contributed by atoms with E-state index in [0.717, 1.165) is 4.47 Å². The maximum atomic E-state index is 13.1. The molecule has 4 rings (SSSR count). The molecule has 1 aliphatic heterocycles. The lowest BCUT2D eigenvalue weighted by Gasteiger charge is -2.25. The molecule has 32 heavy (non-hydrogen) atoms. The smallest absolute Gasteiger partial charge is 0.300 e. The maximum Gasteiger partial charge on any atom is 0.300 e. The van der Waals surface area contributed by atoms with Crippen LogP contribution in [0.4, 0.5) is 5.69 Å². The van der Waals surface area contributed by atoms with Gasteiger partial charge in [-0.2, -0.15) is 5.26 Å². The van der Waals surface area contributed by atoms with Gasteiger partial charge >= 0.3 is 0 Å². The molecule has 0 radical (unpaired) electrons. The monoisotopic (exact) mass is 488 g/mol. The molecule has 0 bridgehead atoms. The van der Waals surface area contributed by atoms with Crippen LogP contribution in [-0.4, -0.2) is 23.9 Å². The van der Waals surface area contributed by atoms with Gasteiger partial charge in [0.1, 0.15) is 11.5 Å². The topological polar surface area (TPSA) is 90.6 Å². The summed E-state index contributed by atoms with van der Waals surface area (Å²) in [4.78, 5) is 27.5. The summed E-state index contributed by atoms with van der Waals surface area (Å²) in [5.41, 5.74) is 1.92. The van der Waals surface area contributed by atoms with E-state index in [2.05, 4.69) is 15.9 Å². The Labute approximate surface area is 193 Å². The molecular formula is C25H17BrN2O4.